The molecule has 0 aliphatic heterocycles. The third kappa shape index (κ3) is 22.5. The molecule has 0 aromatic heterocycles. The second kappa shape index (κ2) is 22.7. The summed E-state index contributed by atoms with van der Waals surface area (Å²) < 4.78 is 33.8. The molecule has 0 heterocycles. The standard InChI is InChI=1S/C23H48O4S.K/c1-3-5-7-8-9-10-11-12-15-18-22(24)19-16-13-14-17-21-23(20-6-4-2)28(25,26)27;/h22-24H,3-21H2,1-2H3,(H,25,26,27);/q;+1/p-1. The molecule has 0 aromatic rings. The van der Waals surface area contributed by atoms with Gasteiger partial charge in [-0.2, -0.15) is 0 Å². The van der Waals surface area contributed by atoms with Crippen LogP contribution < -0.4 is 51.4 Å². The van der Waals surface area contributed by atoms with Gasteiger partial charge in [0.15, 0.2) is 0 Å². The fourth-order valence-corrected chi connectivity index (χ4v) is 4.72. The van der Waals surface area contributed by atoms with Crippen LogP contribution in [0.3, 0.4) is 0 Å². The first-order valence-corrected chi connectivity index (χ1v) is 13.5. The molecule has 2 unspecified atom stereocenters. The minimum Gasteiger partial charge on any atom is -0.748 e. The molecule has 0 rings (SSSR count). The Hall–Kier alpha value is 1.51. The van der Waals surface area contributed by atoms with Crippen molar-refractivity contribution in [2.24, 2.45) is 0 Å². The average molecular weight is 459 g/mol. The zero-order valence-corrected chi connectivity index (χ0v) is 23.6. The molecule has 1 N–H and O–H groups in total. The van der Waals surface area contributed by atoms with Crippen molar-refractivity contribution < 1.29 is 69.5 Å². The monoisotopic (exact) mass is 458 g/mol. The predicted molar refractivity (Wildman–Crippen MR) is 119 cm³/mol. The van der Waals surface area contributed by atoms with E-state index < -0.39 is 15.4 Å². The number of aliphatic hydroxyl groups is 1. The number of rotatable bonds is 21. The summed E-state index contributed by atoms with van der Waals surface area (Å²) >= 11 is 0. The number of unbranched alkanes of at least 4 members (excludes halogenated alkanes) is 12. The van der Waals surface area contributed by atoms with Gasteiger partial charge in [-0.1, -0.05) is 110 Å². The molecule has 0 saturated heterocycles. The number of hydrogen-bond donors (Lipinski definition) is 1. The maximum Gasteiger partial charge on any atom is 1.00 e. The maximum atomic E-state index is 11.3. The van der Waals surface area contributed by atoms with Crippen molar-refractivity contribution in [3.05, 3.63) is 0 Å². The molecule has 0 aliphatic carbocycles. The molecule has 0 amide bonds. The number of hydrogen-bond acceptors (Lipinski definition) is 4. The van der Waals surface area contributed by atoms with Crippen molar-refractivity contribution in [1.29, 1.82) is 0 Å². The minimum absolute atomic E-state index is 0. The fourth-order valence-electron chi connectivity index (χ4n) is 3.81. The van der Waals surface area contributed by atoms with Crippen LogP contribution in [-0.4, -0.2) is 29.4 Å². The van der Waals surface area contributed by atoms with E-state index in [4.69, 9.17) is 0 Å². The van der Waals surface area contributed by atoms with Crippen molar-refractivity contribution in [3.63, 3.8) is 0 Å². The van der Waals surface area contributed by atoms with Gasteiger partial charge in [-0.3, -0.25) is 0 Å². The van der Waals surface area contributed by atoms with E-state index in [1.54, 1.807) is 0 Å². The zero-order valence-electron chi connectivity index (χ0n) is 19.7. The first-order chi connectivity index (χ1) is 13.4. The first kappa shape index (κ1) is 32.7. The van der Waals surface area contributed by atoms with Crippen molar-refractivity contribution in [2.75, 3.05) is 0 Å². The molecule has 4 nitrogen and oxygen atoms in total. The van der Waals surface area contributed by atoms with Gasteiger partial charge in [0.05, 0.1) is 16.2 Å². The second-order valence-corrected chi connectivity index (χ2v) is 10.2. The molecule has 0 fully saturated rings. The molecule has 0 radical (unpaired) electrons. The topological polar surface area (TPSA) is 77.4 Å². The van der Waals surface area contributed by atoms with Crippen molar-refractivity contribution in [3.8, 4) is 0 Å². The Morgan fingerprint density at radius 2 is 0.966 bits per heavy atom. The molecule has 0 bridgehead atoms. The van der Waals surface area contributed by atoms with E-state index in [0.29, 0.717) is 12.8 Å². The average Bonchev–Trinajstić information content (AvgIpc) is 2.64. The molecule has 29 heavy (non-hydrogen) atoms. The van der Waals surface area contributed by atoms with Gasteiger partial charge >= 0.3 is 51.4 Å². The van der Waals surface area contributed by atoms with Crippen LogP contribution in [0.1, 0.15) is 136 Å². The van der Waals surface area contributed by atoms with Crippen LogP contribution >= 0.6 is 0 Å². The van der Waals surface area contributed by atoms with E-state index in [2.05, 4.69) is 6.92 Å². The predicted octanol–water partition coefficient (Wildman–Crippen LogP) is 3.72. The summed E-state index contributed by atoms with van der Waals surface area (Å²) in [6.07, 6.45) is 19.8. The van der Waals surface area contributed by atoms with Crippen LogP contribution in [0.15, 0.2) is 0 Å². The Morgan fingerprint density at radius 1 is 0.621 bits per heavy atom. The minimum atomic E-state index is -4.16. The molecule has 0 saturated carbocycles. The molecular weight excluding hydrogens is 411 g/mol. The van der Waals surface area contributed by atoms with Crippen molar-refractivity contribution in [2.45, 2.75) is 147 Å². The molecule has 170 valence electrons. The summed E-state index contributed by atoms with van der Waals surface area (Å²) in [7, 11) is -4.16. The Balaban J connectivity index is 0. The van der Waals surface area contributed by atoms with Crippen LogP contribution in [-0.2, 0) is 10.1 Å². The van der Waals surface area contributed by atoms with Crippen LogP contribution in [0.5, 0.6) is 0 Å². The summed E-state index contributed by atoms with van der Waals surface area (Å²) in [5.74, 6) is 0. The summed E-state index contributed by atoms with van der Waals surface area (Å²) in [6.45, 7) is 4.26. The molecule has 0 aromatic carbocycles. The van der Waals surface area contributed by atoms with Gasteiger partial charge < -0.3 is 9.66 Å². The van der Waals surface area contributed by atoms with Crippen LogP contribution in [0.2, 0.25) is 0 Å². The van der Waals surface area contributed by atoms with Gasteiger partial charge in [0, 0.05) is 5.25 Å². The van der Waals surface area contributed by atoms with E-state index in [1.807, 2.05) is 6.92 Å². The van der Waals surface area contributed by atoms with Crippen molar-refractivity contribution >= 4 is 10.1 Å². The quantitative estimate of drug-likeness (QED) is 0.162. The maximum absolute atomic E-state index is 11.3. The molecular formula is C23H47KO4S. The van der Waals surface area contributed by atoms with Gasteiger partial charge in [-0.25, -0.2) is 8.42 Å². The van der Waals surface area contributed by atoms with Crippen LogP contribution in [0.4, 0.5) is 0 Å². The molecule has 6 heteroatoms. The van der Waals surface area contributed by atoms with Crippen LogP contribution in [0, 0.1) is 0 Å². The summed E-state index contributed by atoms with van der Waals surface area (Å²) in [4.78, 5) is 0. The molecule has 2 atom stereocenters. The van der Waals surface area contributed by atoms with E-state index in [1.165, 1.54) is 51.4 Å². The Morgan fingerprint density at radius 3 is 1.38 bits per heavy atom. The van der Waals surface area contributed by atoms with E-state index in [-0.39, 0.29) is 57.5 Å². The van der Waals surface area contributed by atoms with Gasteiger partial charge in [0.1, 0.15) is 0 Å². The fraction of sp³-hybridized carbons (Fsp3) is 1.00. The Bertz CT molecular complexity index is 429. The summed E-state index contributed by atoms with van der Waals surface area (Å²) in [5, 5.41) is 9.37. The first-order valence-electron chi connectivity index (χ1n) is 12.0. The van der Waals surface area contributed by atoms with E-state index >= 15 is 0 Å². The smallest absolute Gasteiger partial charge is 0.748 e. The third-order valence-electron chi connectivity index (χ3n) is 5.74. The van der Waals surface area contributed by atoms with E-state index in [9.17, 15) is 18.1 Å². The normalized spacial score (nSPS) is 13.8. The van der Waals surface area contributed by atoms with Gasteiger partial charge in [-0.15, -0.1) is 0 Å². The largest absolute Gasteiger partial charge is 1.00 e. The van der Waals surface area contributed by atoms with E-state index in [0.717, 1.165) is 57.8 Å². The van der Waals surface area contributed by atoms with Crippen molar-refractivity contribution in [1.82, 2.24) is 0 Å². The van der Waals surface area contributed by atoms with Gasteiger partial charge in [0.25, 0.3) is 0 Å². The Labute approximate surface area is 224 Å². The summed E-state index contributed by atoms with van der Waals surface area (Å²) in [5.41, 5.74) is 0. The zero-order chi connectivity index (χ0) is 21.1. The SMILES string of the molecule is CCCCCCCCCCCC(O)CCCCCCC(CCCC)S(=O)(=O)[O-].[K+]. The van der Waals surface area contributed by atoms with Gasteiger partial charge in [-0.05, 0) is 25.7 Å². The third-order valence-corrected chi connectivity index (χ3v) is 7.03. The number of aliphatic hydroxyl groups excluding tert-OH is 1. The molecule has 0 spiro atoms. The van der Waals surface area contributed by atoms with Crippen LogP contribution in [0.25, 0.3) is 0 Å². The van der Waals surface area contributed by atoms with Gasteiger partial charge in [0.2, 0.25) is 0 Å². The molecule has 0 aliphatic rings. The summed E-state index contributed by atoms with van der Waals surface area (Å²) in [6, 6.07) is 0. The Kier molecular flexibility index (Phi) is 25.6. The second-order valence-electron chi connectivity index (χ2n) is 8.52.